The van der Waals surface area contributed by atoms with Crippen molar-refractivity contribution in [3.63, 3.8) is 0 Å². The third-order valence-corrected chi connectivity index (χ3v) is 1.91. The van der Waals surface area contributed by atoms with E-state index >= 15 is 0 Å². The highest BCUT2D eigenvalue weighted by Gasteiger charge is 2.10. The normalized spacial score (nSPS) is 10.1. The van der Waals surface area contributed by atoms with Crippen LogP contribution in [0.25, 0.3) is 0 Å². The number of nitrogens with zero attached hydrogens (tertiary/aromatic N) is 1. The molecule has 0 saturated carbocycles. The van der Waals surface area contributed by atoms with Crippen molar-refractivity contribution in [1.29, 1.82) is 0 Å². The highest BCUT2D eigenvalue weighted by atomic mass is 16.1. The second-order valence-electron chi connectivity index (χ2n) is 3.06. The Morgan fingerprint density at radius 1 is 1.57 bits per heavy atom. The lowest BCUT2D eigenvalue weighted by Gasteiger charge is -1.94. The predicted molar refractivity (Wildman–Crippen MR) is 52.0 cm³/mol. The van der Waals surface area contributed by atoms with Crippen LogP contribution in [0.4, 0.5) is 0 Å². The summed E-state index contributed by atoms with van der Waals surface area (Å²) in [4.78, 5) is 11.8. The first-order valence-corrected chi connectivity index (χ1v) is 4.30. The Bertz CT molecular complexity index is 445. The first-order valence-electron chi connectivity index (χ1n) is 4.30. The van der Waals surface area contributed by atoms with Gasteiger partial charge in [-0.1, -0.05) is 18.2 Å². The molecule has 0 bridgehead atoms. The van der Waals surface area contributed by atoms with Gasteiger partial charge in [0.05, 0.1) is 0 Å². The highest BCUT2D eigenvalue weighted by Crippen LogP contribution is 2.07. The summed E-state index contributed by atoms with van der Waals surface area (Å²) in [6.07, 6.45) is 0. The lowest BCUT2D eigenvalue weighted by atomic mass is 10.1. The SMILES string of the molecule is Cc1cc(C(=O)c2c[c]ccc2)n[nH]1. The average molecular weight is 185 g/mol. The summed E-state index contributed by atoms with van der Waals surface area (Å²) in [6, 6.07) is 11.5. The fourth-order valence-electron chi connectivity index (χ4n) is 1.22. The minimum absolute atomic E-state index is 0.0776. The molecule has 0 aliphatic heterocycles. The quantitative estimate of drug-likeness (QED) is 0.724. The van der Waals surface area contributed by atoms with E-state index in [1.807, 2.05) is 6.92 Å². The van der Waals surface area contributed by atoms with E-state index in [0.29, 0.717) is 11.3 Å². The number of H-pyrrole nitrogens is 1. The van der Waals surface area contributed by atoms with Gasteiger partial charge in [0, 0.05) is 11.3 Å². The molecule has 1 aromatic heterocycles. The predicted octanol–water partition coefficient (Wildman–Crippen LogP) is 1.75. The molecule has 2 rings (SSSR count). The summed E-state index contributed by atoms with van der Waals surface area (Å²) >= 11 is 0. The van der Waals surface area contributed by atoms with Crippen LogP contribution in [0.5, 0.6) is 0 Å². The van der Waals surface area contributed by atoms with E-state index in [2.05, 4.69) is 16.3 Å². The van der Waals surface area contributed by atoms with Crippen LogP contribution in [0.15, 0.2) is 30.3 Å². The number of hydrogen-bond donors (Lipinski definition) is 1. The maximum Gasteiger partial charge on any atom is 0.213 e. The molecule has 2 aromatic rings. The Hall–Kier alpha value is -1.90. The lowest BCUT2D eigenvalue weighted by molar-refractivity contribution is 0.103. The van der Waals surface area contributed by atoms with Gasteiger partial charge in [-0.15, -0.1) is 0 Å². The molecule has 14 heavy (non-hydrogen) atoms. The molecule has 69 valence electrons. The smallest absolute Gasteiger partial charge is 0.213 e. The third-order valence-electron chi connectivity index (χ3n) is 1.91. The number of aromatic nitrogens is 2. The number of aromatic amines is 1. The average Bonchev–Trinajstić information content (AvgIpc) is 2.65. The number of hydrogen-bond acceptors (Lipinski definition) is 2. The second kappa shape index (κ2) is 3.46. The molecule has 0 fully saturated rings. The van der Waals surface area contributed by atoms with Crippen molar-refractivity contribution < 1.29 is 4.79 Å². The van der Waals surface area contributed by atoms with Crippen molar-refractivity contribution in [3.05, 3.63) is 53.3 Å². The number of benzene rings is 1. The van der Waals surface area contributed by atoms with Gasteiger partial charge in [0.2, 0.25) is 5.78 Å². The highest BCUT2D eigenvalue weighted by molar-refractivity contribution is 6.07. The van der Waals surface area contributed by atoms with Crippen molar-refractivity contribution in [2.24, 2.45) is 0 Å². The molecular formula is C11H9N2O. The summed E-state index contributed by atoms with van der Waals surface area (Å²) in [5.74, 6) is -0.0776. The first-order chi connectivity index (χ1) is 6.77. The van der Waals surface area contributed by atoms with Crippen LogP contribution < -0.4 is 0 Å². The fraction of sp³-hybridized carbons (Fsp3) is 0.0909. The first kappa shape index (κ1) is 8.69. The monoisotopic (exact) mass is 185 g/mol. The van der Waals surface area contributed by atoms with E-state index in [0.717, 1.165) is 5.69 Å². The van der Waals surface area contributed by atoms with Crippen LogP contribution in [0.2, 0.25) is 0 Å². The maximum absolute atomic E-state index is 11.8. The molecule has 0 spiro atoms. The van der Waals surface area contributed by atoms with Gasteiger partial charge in [0.1, 0.15) is 5.69 Å². The van der Waals surface area contributed by atoms with Crippen LogP contribution >= 0.6 is 0 Å². The fourth-order valence-corrected chi connectivity index (χ4v) is 1.22. The number of nitrogens with one attached hydrogen (secondary N) is 1. The van der Waals surface area contributed by atoms with Gasteiger partial charge in [0.15, 0.2) is 0 Å². The Morgan fingerprint density at radius 3 is 3.00 bits per heavy atom. The number of carbonyl (C=O) groups excluding carboxylic acids is 1. The summed E-state index contributed by atoms with van der Waals surface area (Å²) in [5, 5.41) is 6.64. The zero-order valence-electron chi connectivity index (χ0n) is 7.74. The van der Waals surface area contributed by atoms with Crippen LogP contribution in [-0.4, -0.2) is 16.0 Å². The Labute approximate surface area is 81.8 Å². The van der Waals surface area contributed by atoms with E-state index in [9.17, 15) is 4.79 Å². The molecule has 1 aromatic carbocycles. The summed E-state index contributed by atoms with van der Waals surface area (Å²) in [7, 11) is 0. The van der Waals surface area contributed by atoms with E-state index in [4.69, 9.17) is 0 Å². The summed E-state index contributed by atoms with van der Waals surface area (Å²) in [6.45, 7) is 1.86. The number of rotatable bonds is 2. The van der Waals surface area contributed by atoms with Gasteiger partial charge < -0.3 is 0 Å². The molecule has 0 aliphatic carbocycles. The summed E-state index contributed by atoms with van der Waals surface area (Å²) in [5.41, 5.74) is 1.94. The zero-order valence-corrected chi connectivity index (χ0v) is 7.74. The van der Waals surface area contributed by atoms with E-state index in [1.165, 1.54) is 0 Å². The zero-order chi connectivity index (χ0) is 9.97. The molecule has 0 saturated heterocycles. The molecule has 0 unspecified atom stereocenters. The van der Waals surface area contributed by atoms with Crippen LogP contribution in [-0.2, 0) is 0 Å². The van der Waals surface area contributed by atoms with E-state index in [-0.39, 0.29) is 5.78 Å². The van der Waals surface area contributed by atoms with Gasteiger partial charge in [-0.25, -0.2) is 0 Å². The second-order valence-corrected chi connectivity index (χ2v) is 3.06. The van der Waals surface area contributed by atoms with Crippen molar-refractivity contribution in [2.75, 3.05) is 0 Å². The Balaban J connectivity index is 2.34. The molecule has 1 N–H and O–H groups in total. The molecule has 1 heterocycles. The van der Waals surface area contributed by atoms with Gasteiger partial charge in [-0.2, -0.15) is 5.10 Å². The van der Waals surface area contributed by atoms with Crippen LogP contribution in [0.3, 0.4) is 0 Å². The Morgan fingerprint density at radius 2 is 2.43 bits per heavy atom. The largest absolute Gasteiger partial charge is 0.287 e. The molecule has 0 amide bonds. The minimum atomic E-state index is -0.0776. The number of aryl methyl sites for hydroxylation is 1. The maximum atomic E-state index is 11.8. The van der Waals surface area contributed by atoms with E-state index in [1.54, 1.807) is 30.3 Å². The molecule has 0 atom stereocenters. The molecule has 0 aliphatic rings. The van der Waals surface area contributed by atoms with Gasteiger partial charge >= 0.3 is 0 Å². The minimum Gasteiger partial charge on any atom is -0.287 e. The molecule has 1 radical (unpaired) electrons. The van der Waals surface area contributed by atoms with Crippen molar-refractivity contribution in [1.82, 2.24) is 10.2 Å². The topological polar surface area (TPSA) is 45.8 Å². The molecular weight excluding hydrogens is 176 g/mol. The van der Waals surface area contributed by atoms with E-state index < -0.39 is 0 Å². The molecule has 3 nitrogen and oxygen atoms in total. The van der Waals surface area contributed by atoms with Crippen molar-refractivity contribution in [3.8, 4) is 0 Å². The van der Waals surface area contributed by atoms with Crippen molar-refractivity contribution in [2.45, 2.75) is 6.92 Å². The Kier molecular flexibility index (Phi) is 2.14. The third kappa shape index (κ3) is 1.57. The van der Waals surface area contributed by atoms with Gasteiger partial charge in [-0.05, 0) is 25.1 Å². The van der Waals surface area contributed by atoms with Crippen molar-refractivity contribution >= 4 is 5.78 Å². The van der Waals surface area contributed by atoms with Crippen LogP contribution in [0.1, 0.15) is 21.7 Å². The van der Waals surface area contributed by atoms with Gasteiger partial charge in [-0.3, -0.25) is 9.89 Å². The standard InChI is InChI=1S/C11H9N2O/c1-8-7-10(13-12-8)11(14)9-5-3-2-4-6-9/h2-3,5-7H,1H3,(H,12,13). The van der Waals surface area contributed by atoms with Gasteiger partial charge in [0.25, 0.3) is 0 Å². The number of carbonyl (C=O) groups is 1. The van der Waals surface area contributed by atoms with Crippen LogP contribution in [0, 0.1) is 13.0 Å². The summed E-state index contributed by atoms with van der Waals surface area (Å²) < 4.78 is 0. The number of ketones is 1. The lowest BCUT2D eigenvalue weighted by Crippen LogP contribution is -2.01. The molecule has 3 heteroatoms.